The number of rotatable bonds is 65. The Morgan fingerprint density at radius 1 is 0.359 bits per heavy atom. The third-order valence-electron chi connectivity index (χ3n) is 16.1. The van der Waals surface area contributed by atoms with Crippen LogP contribution in [0.15, 0.2) is 48.6 Å². The lowest BCUT2D eigenvalue weighted by Crippen LogP contribution is -2.45. The second-order valence-corrected chi connectivity index (χ2v) is 23.9. The van der Waals surface area contributed by atoms with Crippen LogP contribution in [-0.4, -0.2) is 47.4 Å². The molecule has 458 valence electrons. The van der Waals surface area contributed by atoms with Gasteiger partial charge < -0.3 is 20.3 Å². The molecule has 0 aliphatic heterocycles. The lowest BCUT2D eigenvalue weighted by molar-refractivity contribution is -0.143. The smallest absolute Gasteiger partial charge is 0.305 e. The van der Waals surface area contributed by atoms with Gasteiger partial charge in [-0.05, 0) is 89.9 Å². The van der Waals surface area contributed by atoms with E-state index in [1.807, 2.05) is 6.08 Å². The van der Waals surface area contributed by atoms with Crippen LogP contribution >= 0.6 is 0 Å². The number of carbonyl (C=O) groups excluding carboxylic acids is 2. The molecule has 6 nitrogen and oxygen atoms in total. The molecule has 0 aliphatic carbocycles. The van der Waals surface area contributed by atoms with Gasteiger partial charge in [0.15, 0.2) is 0 Å². The molecule has 2 atom stereocenters. The third-order valence-corrected chi connectivity index (χ3v) is 16.1. The van der Waals surface area contributed by atoms with Gasteiger partial charge in [0.1, 0.15) is 0 Å². The lowest BCUT2D eigenvalue weighted by atomic mass is 10.0. The summed E-state index contributed by atoms with van der Waals surface area (Å²) < 4.78 is 5.49. The fourth-order valence-corrected chi connectivity index (χ4v) is 10.7. The second-order valence-electron chi connectivity index (χ2n) is 23.9. The zero-order valence-corrected chi connectivity index (χ0v) is 52.4. The number of aliphatic hydroxyl groups is 2. The standard InChI is InChI=1S/C72H135NO5/c1-3-5-7-9-11-13-15-17-19-33-36-40-44-48-52-56-60-64-70(75)69(68-74)73-71(76)65-61-57-53-49-45-41-37-34-31-29-27-25-23-21-22-24-26-28-30-32-35-39-43-47-51-55-59-63-67-78-72(77)66-62-58-54-50-46-42-38-20-18-16-14-12-10-8-6-4-2/h14,16,20-22,38,60,64,69-70,74-75H,3-13,15,17-19,23-37,39-59,61-63,65-68H2,1-2H3,(H,73,76)/b16-14-,22-21-,38-20-,64-60+. The highest BCUT2D eigenvalue weighted by Crippen LogP contribution is 2.18. The van der Waals surface area contributed by atoms with Crippen LogP contribution in [0.1, 0.15) is 373 Å². The zero-order chi connectivity index (χ0) is 56.4. The number of unbranched alkanes of at least 4 members (excludes halogenated alkanes) is 48. The molecule has 0 fully saturated rings. The molecule has 0 aromatic rings. The molecule has 0 saturated carbocycles. The van der Waals surface area contributed by atoms with Crippen LogP contribution in [0.4, 0.5) is 0 Å². The highest BCUT2D eigenvalue weighted by atomic mass is 16.5. The molecule has 6 heteroatoms. The molecule has 0 aliphatic rings. The first-order valence-electron chi connectivity index (χ1n) is 34.9. The number of ether oxygens (including phenoxy) is 1. The summed E-state index contributed by atoms with van der Waals surface area (Å²) in [6, 6.07) is -0.629. The van der Waals surface area contributed by atoms with Gasteiger partial charge in [-0.3, -0.25) is 9.59 Å². The van der Waals surface area contributed by atoms with E-state index in [4.69, 9.17) is 4.74 Å². The highest BCUT2D eigenvalue weighted by Gasteiger charge is 2.18. The van der Waals surface area contributed by atoms with Gasteiger partial charge in [-0.25, -0.2) is 0 Å². The van der Waals surface area contributed by atoms with Crippen LogP contribution in [0, 0.1) is 0 Å². The molecule has 1 amide bonds. The molecular formula is C72H135NO5. The number of hydrogen-bond acceptors (Lipinski definition) is 5. The highest BCUT2D eigenvalue weighted by molar-refractivity contribution is 5.76. The minimum Gasteiger partial charge on any atom is -0.466 e. The Hall–Kier alpha value is -2.18. The quantitative estimate of drug-likeness (QED) is 0.0320. The van der Waals surface area contributed by atoms with E-state index >= 15 is 0 Å². The average Bonchev–Trinajstić information content (AvgIpc) is 3.44. The summed E-state index contributed by atoms with van der Waals surface area (Å²) in [5, 5.41) is 23.2. The largest absolute Gasteiger partial charge is 0.466 e. The molecule has 78 heavy (non-hydrogen) atoms. The number of carbonyl (C=O) groups is 2. The molecule has 0 radical (unpaired) electrons. The first-order valence-corrected chi connectivity index (χ1v) is 34.9. The minimum absolute atomic E-state index is 0.00206. The zero-order valence-electron chi connectivity index (χ0n) is 52.4. The number of aliphatic hydroxyl groups excluding tert-OH is 2. The topological polar surface area (TPSA) is 95.9 Å². The van der Waals surface area contributed by atoms with Crippen LogP contribution < -0.4 is 5.32 Å². The van der Waals surface area contributed by atoms with E-state index in [0.717, 1.165) is 51.4 Å². The maximum Gasteiger partial charge on any atom is 0.305 e. The van der Waals surface area contributed by atoms with Gasteiger partial charge in [-0.15, -0.1) is 0 Å². The molecule has 0 rings (SSSR count). The van der Waals surface area contributed by atoms with Crippen LogP contribution in [0.3, 0.4) is 0 Å². The van der Waals surface area contributed by atoms with E-state index in [1.165, 1.54) is 295 Å². The first-order chi connectivity index (χ1) is 38.5. The molecular weight excluding hydrogens is 959 g/mol. The van der Waals surface area contributed by atoms with E-state index in [9.17, 15) is 19.8 Å². The molecule has 3 N–H and O–H groups in total. The van der Waals surface area contributed by atoms with Crippen LogP contribution in [0.2, 0.25) is 0 Å². The Balaban J connectivity index is 3.40. The molecule has 0 aromatic carbocycles. The fourth-order valence-electron chi connectivity index (χ4n) is 10.7. The first kappa shape index (κ1) is 75.8. The number of nitrogens with one attached hydrogen (secondary N) is 1. The summed E-state index contributed by atoms with van der Waals surface area (Å²) in [4.78, 5) is 24.6. The SMILES string of the molecule is CCCCCC/C=C\C/C=C\CCCCCCCC(=O)OCCCCCCCCCCCCCC/C=C\CCCCCCCCCCCCCCC(=O)NC(CO)C(O)/C=C/CCCCCCCCCCCCCCCCC. The van der Waals surface area contributed by atoms with Gasteiger partial charge in [-0.1, -0.05) is 319 Å². The summed E-state index contributed by atoms with van der Waals surface area (Å²) in [5.41, 5.74) is 0. The Morgan fingerprint density at radius 3 is 1.00 bits per heavy atom. The van der Waals surface area contributed by atoms with Crippen molar-refractivity contribution >= 4 is 11.9 Å². The van der Waals surface area contributed by atoms with Crippen molar-refractivity contribution in [3.8, 4) is 0 Å². The Morgan fingerprint density at radius 2 is 0.641 bits per heavy atom. The van der Waals surface area contributed by atoms with Gasteiger partial charge in [0.25, 0.3) is 0 Å². The molecule has 0 bridgehead atoms. The molecule has 2 unspecified atom stereocenters. The Bertz CT molecular complexity index is 1310. The predicted molar refractivity (Wildman–Crippen MR) is 342 cm³/mol. The summed E-state index contributed by atoms with van der Waals surface area (Å²) in [6.07, 6.45) is 87.5. The van der Waals surface area contributed by atoms with E-state index in [-0.39, 0.29) is 18.5 Å². The Labute approximate surface area is 486 Å². The monoisotopic (exact) mass is 1090 g/mol. The van der Waals surface area contributed by atoms with Crippen molar-refractivity contribution in [3.63, 3.8) is 0 Å². The molecule has 0 heterocycles. The van der Waals surface area contributed by atoms with Crippen LogP contribution in [0.25, 0.3) is 0 Å². The maximum atomic E-state index is 12.5. The molecule has 0 aromatic heterocycles. The number of allylic oxidation sites excluding steroid dienone is 7. The van der Waals surface area contributed by atoms with E-state index in [1.54, 1.807) is 6.08 Å². The summed E-state index contributed by atoms with van der Waals surface area (Å²) in [5.74, 6) is -0.0638. The van der Waals surface area contributed by atoms with Crippen molar-refractivity contribution in [1.29, 1.82) is 0 Å². The number of amides is 1. The summed E-state index contributed by atoms with van der Waals surface area (Å²) in [7, 11) is 0. The van der Waals surface area contributed by atoms with Crippen molar-refractivity contribution < 1.29 is 24.5 Å². The summed E-state index contributed by atoms with van der Waals surface area (Å²) in [6.45, 7) is 4.90. The van der Waals surface area contributed by atoms with Crippen LogP contribution in [-0.2, 0) is 14.3 Å². The van der Waals surface area contributed by atoms with Gasteiger partial charge >= 0.3 is 5.97 Å². The van der Waals surface area contributed by atoms with Crippen LogP contribution in [0.5, 0.6) is 0 Å². The average molecular weight is 1090 g/mol. The lowest BCUT2D eigenvalue weighted by Gasteiger charge is -2.20. The minimum atomic E-state index is -0.845. The van der Waals surface area contributed by atoms with Gasteiger partial charge in [0, 0.05) is 12.8 Å². The van der Waals surface area contributed by atoms with E-state index in [2.05, 4.69) is 55.6 Å². The summed E-state index contributed by atoms with van der Waals surface area (Å²) >= 11 is 0. The van der Waals surface area contributed by atoms with E-state index < -0.39 is 12.1 Å². The van der Waals surface area contributed by atoms with Gasteiger partial charge in [-0.2, -0.15) is 0 Å². The fraction of sp³-hybridized carbons (Fsp3) is 0.861. The second kappa shape index (κ2) is 67.3. The van der Waals surface area contributed by atoms with Crippen molar-refractivity contribution in [2.75, 3.05) is 13.2 Å². The molecule has 0 saturated heterocycles. The van der Waals surface area contributed by atoms with E-state index in [0.29, 0.717) is 19.4 Å². The van der Waals surface area contributed by atoms with Crippen molar-refractivity contribution in [3.05, 3.63) is 48.6 Å². The van der Waals surface area contributed by atoms with Gasteiger partial charge in [0.05, 0.1) is 25.4 Å². The number of hydrogen-bond donors (Lipinski definition) is 3. The van der Waals surface area contributed by atoms with Crippen molar-refractivity contribution in [2.24, 2.45) is 0 Å². The third kappa shape index (κ3) is 63.0. The van der Waals surface area contributed by atoms with Crippen molar-refractivity contribution in [1.82, 2.24) is 5.32 Å². The van der Waals surface area contributed by atoms with Crippen molar-refractivity contribution in [2.45, 2.75) is 386 Å². The van der Waals surface area contributed by atoms with Gasteiger partial charge in [0.2, 0.25) is 5.91 Å². The number of esters is 1. The predicted octanol–water partition coefficient (Wildman–Crippen LogP) is 22.5. The molecule has 0 spiro atoms. The maximum absolute atomic E-state index is 12.5. The Kier molecular flexibility index (Phi) is 65.4. The normalized spacial score (nSPS) is 12.8.